The molecule has 88 valence electrons. The molecule has 0 N–H and O–H groups in total. The highest BCUT2D eigenvalue weighted by Crippen LogP contribution is 2.22. The molecule has 1 aliphatic heterocycles. The normalized spacial score (nSPS) is 21.6. The van der Waals surface area contributed by atoms with Crippen LogP contribution in [0.4, 0.5) is 0 Å². The van der Waals surface area contributed by atoms with Crippen LogP contribution in [0, 0.1) is 13.8 Å². The van der Waals surface area contributed by atoms with E-state index in [0.29, 0.717) is 6.04 Å². The van der Waals surface area contributed by atoms with Gasteiger partial charge in [-0.05, 0) is 44.4 Å². The number of halogens is 1. The molecule has 1 aromatic rings. The molecule has 1 heterocycles. The van der Waals surface area contributed by atoms with Crippen molar-refractivity contribution < 1.29 is 0 Å². The summed E-state index contributed by atoms with van der Waals surface area (Å²) in [5, 5.41) is 0. The van der Waals surface area contributed by atoms with E-state index in [9.17, 15) is 0 Å². The van der Waals surface area contributed by atoms with Crippen LogP contribution in [0.5, 0.6) is 0 Å². The quantitative estimate of drug-likeness (QED) is 0.728. The van der Waals surface area contributed by atoms with Gasteiger partial charge < -0.3 is 0 Å². The molecule has 1 nitrogen and oxygen atoms in total. The fourth-order valence-electron chi connectivity index (χ4n) is 2.47. The fourth-order valence-corrected chi connectivity index (χ4v) is 2.82. The van der Waals surface area contributed by atoms with E-state index in [4.69, 9.17) is 11.6 Å². The van der Waals surface area contributed by atoms with Gasteiger partial charge in [-0.25, -0.2) is 0 Å². The van der Waals surface area contributed by atoms with Crippen molar-refractivity contribution in [3.63, 3.8) is 0 Å². The minimum Gasteiger partial charge on any atom is -0.295 e. The molecule has 0 aromatic heterocycles. The lowest BCUT2D eigenvalue weighted by atomic mass is 10.1. The first-order chi connectivity index (χ1) is 7.70. The van der Waals surface area contributed by atoms with Gasteiger partial charge in [0, 0.05) is 18.5 Å². The zero-order valence-corrected chi connectivity index (χ0v) is 10.9. The summed E-state index contributed by atoms with van der Waals surface area (Å²) in [5.74, 6) is 0.769. The predicted octanol–water partition coefficient (Wildman–Crippen LogP) is 3.51. The fraction of sp³-hybridized carbons (Fsp3) is 0.571. The molecule has 0 radical (unpaired) electrons. The summed E-state index contributed by atoms with van der Waals surface area (Å²) < 4.78 is 0. The van der Waals surface area contributed by atoms with E-state index in [2.05, 4.69) is 36.9 Å². The van der Waals surface area contributed by atoms with Gasteiger partial charge in [0.1, 0.15) is 0 Å². The van der Waals surface area contributed by atoms with Gasteiger partial charge in [-0.3, -0.25) is 4.90 Å². The van der Waals surface area contributed by atoms with E-state index in [1.165, 1.54) is 36.1 Å². The van der Waals surface area contributed by atoms with Crippen molar-refractivity contribution in [1.29, 1.82) is 0 Å². The summed E-state index contributed by atoms with van der Waals surface area (Å²) in [6.07, 6.45) is 2.55. The Balaban J connectivity index is 2.11. The van der Waals surface area contributed by atoms with E-state index in [0.717, 1.165) is 12.4 Å². The van der Waals surface area contributed by atoms with Gasteiger partial charge in [0.2, 0.25) is 0 Å². The third-order valence-electron chi connectivity index (χ3n) is 3.56. The van der Waals surface area contributed by atoms with Crippen molar-refractivity contribution in [2.24, 2.45) is 0 Å². The van der Waals surface area contributed by atoms with Crippen LogP contribution in [0.1, 0.15) is 29.5 Å². The second-order valence-electron chi connectivity index (χ2n) is 4.85. The van der Waals surface area contributed by atoms with Gasteiger partial charge in [0.15, 0.2) is 0 Å². The SMILES string of the molecule is Cc1ccc(C)c(CN2CCCC2CCl)c1. The van der Waals surface area contributed by atoms with Crippen molar-refractivity contribution in [1.82, 2.24) is 4.90 Å². The first kappa shape index (κ1) is 11.9. The van der Waals surface area contributed by atoms with Crippen molar-refractivity contribution >= 4 is 11.6 Å². The Morgan fingerprint density at radius 2 is 2.19 bits per heavy atom. The highest BCUT2D eigenvalue weighted by Gasteiger charge is 2.23. The summed E-state index contributed by atoms with van der Waals surface area (Å²) in [7, 11) is 0. The Morgan fingerprint density at radius 1 is 1.38 bits per heavy atom. The molecule has 2 heteroatoms. The summed E-state index contributed by atoms with van der Waals surface area (Å²) in [4.78, 5) is 2.52. The van der Waals surface area contributed by atoms with E-state index >= 15 is 0 Å². The lowest BCUT2D eigenvalue weighted by molar-refractivity contribution is 0.262. The number of benzene rings is 1. The molecule has 16 heavy (non-hydrogen) atoms. The molecule has 1 aliphatic rings. The second kappa shape index (κ2) is 5.20. The molecule has 1 saturated heterocycles. The monoisotopic (exact) mass is 237 g/mol. The Hall–Kier alpha value is -0.530. The van der Waals surface area contributed by atoms with Gasteiger partial charge in [0.25, 0.3) is 0 Å². The minimum atomic E-state index is 0.585. The average molecular weight is 238 g/mol. The van der Waals surface area contributed by atoms with Crippen molar-refractivity contribution in [2.45, 2.75) is 39.3 Å². The molecule has 0 bridgehead atoms. The zero-order chi connectivity index (χ0) is 11.5. The number of nitrogens with zero attached hydrogens (tertiary/aromatic N) is 1. The second-order valence-corrected chi connectivity index (χ2v) is 5.16. The van der Waals surface area contributed by atoms with Crippen LogP contribution in [-0.4, -0.2) is 23.4 Å². The third kappa shape index (κ3) is 2.58. The Labute approximate surface area is 103 Å². The van der Waals surface area contributed by atoms with Crippen LogP contribution >= 0.6 is 11.6 Å². The summed E-state index contributed by atoms with van der Waals surface area (Å²) in [5.41, 5.74) is 4.20. The first-order valence-electron chi connectivity index (χ1n) is 6.07. The highest BCUT2D eigenvalue weighted by atomic mass is 35.5. The number of hydrogen-bond acceptors (Lipinski definition) is 1. The number of likely N-dealkylation sites (tertiary alicyclic amines) is 1. The number of hydrogen-bond donors (Lipinski definition) is 0. The first-order valence-corrected chi connectivity index (χ1v) is 6.60. The topological polar surface area (TPSA) is 3.24 Å². The molecule has 0 amide bonds. The Morgan fingerprint density at radius 3 is 2.94 bits per heavy atom. The molecule has 0 spiro atoms. The smallest absolute Gasteiger partial charge is 0.0379 e. The Bertz CT molecular complexity index is 362. The van der Waals surface area contributed by atoms with Crippen LogP contribution in [0.3, 0.4) is 0 Å². The molecular formula is C14H20ClN. The molecule has 1 aromatic carbocycles. The van der Waals surface area contributed by atoms with Gasteiger partial charge in [0.05, 0.1) is 0 Å². The molecule has 1 atom stereocenters. The summed E-state index contributed by atoms with van der Waals surface area (Å²) in [6, 6.07) is 7.29. The number of aryl methyl sites for hydroxylation is 2. The molecule has 0 saturated carbocycles. The zero-order valence-electron chi connectivity index (χ0n) is 10.2. The maximum absolute atomic E-state index is 6.00. The Kier molecular flexibility index (Phi) is 3.88. The maximum Gasteiger partial charge on any atom is 0.0379 e. The number of rotatable bonds is 3. The van der Waals surface area contributed by atoms with E-state index in [1.54, 1.807) is 0 Å². The highest BCUT2D eigenvalue weighted by molar-refractivity contribution is 6.18. The van der Waals surface area contributed by atoms with Crippen LogP contribution in [-0.2, 0) is 6.54 Å². The summed E-state index contributed by atoms with van der Waals surface area (Å²) in [6.45, 7) is 6.61. The lowest BCUT2D eigenvalue weighted by Crippen LogP contribution is -2.30. The minimum absolute atomic E-state index is 0.585. The average Bonchev–Trinajstić information content (AvgIpc) is 2.71. The van der Waals surface area contributed by atoms with Gasteiger partial charge in [-0.15, -0.1) is 11.6 Å². The van der Waals surface area contributed by atoms with E-state index in [1.807, 2.05) is 0 Å². The molecule has 1 fully saturated rings. The third-order valence-corrected chi connectivity index (χ3v) is 3.91. The lowest BCUT2D eigenvalue weighted by Gasteiger charge is -2.23. The summed E-state index contributed by atoms with van der Waals surface area (Å²) >= 11 is 6.00. The predicted molar refractivity (Wildman–Crippen MR) is 70.1 cm³/mol. The number of alkyl halides is 1. The van der Waals surface area contributed by atoms with Crippen LogP contribution in [0.15, 0.2) is 18.2 Å². The molecule has 0 aliphatic carbocycles. The standard InChI is InChI=1S/C14H20ClN/c1-11-5-6-12(2)13(8-11)10-16-7-3-4-14(16)9-15/h5-6,8,14H,3-4,7,9-10H2,1-2H3. The molecular weight excluding hydrogens is 218 g/mol. The van der Waals surface area contributed by atoms with Gasteiger partial charge in [-0.2, -0.15) is 0 Å². The van der Waals surface area contributed by atoms with Crippen molar-refractivity contribution in [3.05, 3.63) is 34.9 Å². The molecule has 1 unspecified atom stereocenters. The maximum atomic E-state index is 6.00. The van der Waals surface area contributed by atoms with Crippen molar-refractivity contribution in [2.75, 3.05) is 12.4 Å². The largest absolute Gasteiger partial charge is 0.295 e. The van der Waals surface area contributed by atoms with E-state index in [-0.39, 0.29) is 0 Å². The van der Waals surface area contributed by atoms with Crippen LogP contribution in [0.2, 0.25) is 0 Å². The van der Waals surface area contributed by atoms with Crippen molar-refractivity contribution in [3.8, 4) is 0 Å². The van der Waals surface area contributed by atoms with Crippen LogP contribution in [0.25, 0.3) is 0 Å². The van der Waals surface area contributed by atoms with E-state index < -0.39 is 0 Å². The van der Waals surface area contributed by atoms with Gasteiger partial charge >= 0.3 is 0 Å². The molecule has 2 rings (SSSR count). The van der Waals surface area contributed by atoms with Crippen LogP contribution < -0.4 is 0 Å². The van der Waals surface area contributed by atoms with Gasteiger partial charge in [-0.1, -0.05) is 23.8 Å².